The van der Waals surface area contributed by atoms with Crippen LogP contribution in [0.25, 0.3) is 0 Å². The molecular weight excluding hydrogens is 217 g/mol. The van der Waals surface area contributed by atoms with Crippen LogP contribution in [0.15, 0.2) is 23.1 Å². The number of benzene rings is 1. The molecule has 0 fully saturated rings. The minimum Gasteiger partial charge on any atom is -0.399 e. The zero-order valence-electron chi connectivity index (χ0n) is 8.53. The summed E-state index contributed by atoms with van der Waals surface area (Å²) in [6.45, 7) is 1.88. The van der Waals surface area contributed by atoms with Crippen molar-refractivity contribution in [1.82, 2.24) is 0 Å². The molecule has 1 aromatic rings. The van der Waals surface area contributed by atoms with E-state index in [2.05, 4.69) is 0 Å². The molecule has 0 heterocycles. The van der Waals surface area contributed by atoms with E-state index in [4.69, 9.17) is 5.73 Å². The molecule has 1 aromatic carbocycles. The van der Waals surface area contributed by atoms with E-state index in [0.29, 0.717) is 6.42 Å². The van der Waals surface area contributed by atoms with Crippen molar-refractivity contribution >= 4 is 15.5 Å². The lowest BCUT2D eigenvalue weighted by molar-refractivity contribution is 0.565. The van der Waals surface area contributed by atoms with Crippen molar-refractivity contribution in [1.29, 1.82) is 0 Å². The van der Waals surface area contributed by atoms with Gasteiger partial charge >= 0.3 is 0 Å². The molecule has 15 heavy (non-hydrogen) atoms. The summed E-state index contributed by atoms with van der Waals surface area (Å²) >= 11 is 0. The highest BCUT2D eigenvalue weighted by Crippen LogP contribution is 2.19. The van der Waals surface area contributed by atoms with Gasteiger partial charge in [-0.25, -0.2) is 12.8 Å². The Kier molecular flexibility index (Phi) is 3.68. The number of nitrogens with two attached hydrogens (primary N) is 1. The number of rotatable bonds is 4. The molecule has 0 amide bonds. The van der Waals surface area contributed by atoms with Gasteiger partial charge in [0.2, 0.25) is 0 Å². The van der Waals surface area contributed by atoms with Crippen molar-refractivity contribution < 1.29 is 12.8 Å². The highest BCUT2D eigenvalue weighted by Gasteiger charge is 2.18. The van der Waals surface area contributed by atoms with Crippen molar-refractivity contribution in [2.75, 3.05) is 11.5 Å². The highest BCUT2D eigenvalue weighted by molar-refractivity contribution is 7.91. The Bertz CT molecular complexity index is 443. The largest absolute Gasteiger partial charge is 0.399 e. The minimum atomic E-state index is -3.50. The first-order chi connectivity index (χ1) is 6.97. The van der Waals surface area contributed by atoms with E-state index in [0.717, 1.165) is 12.5 Å². The van der Waals surface area contributed by atoms with Gasteiger partial charge in [0, 0.05) is 5.69 Å². The fraction of sp³-hybridized carbons (Fsp3) is 0.400. The third kappa shape index (κ3) is 2.92. The van der Waals surface area contributed by atoms with E-state index in [1.54, 1.807) is 0 Å². The van der Waals surface area contributed by atoms with Crippen molar-refractivity contribution in [2.24, 2.45) is 0 Å². The zero-order valence-corrected chi connectivity index (χ0v) is 9.35. The van der Waals surface area contributed by atoms with E-state index in [9.17, 15) is 12.8 Å². The van der Waals surface area contributed by atoms with Crippen LogP contribution in [-0.4, -0.2) is 14.2 Å². The van der Waals surface area contributed by atoms with Gasteiger partial charge in [-0.15, -0.1) is 0 Å². The van der Waals surface area contributed by atoms with Gasteiger partial charge in [0.25, 0.3) is 0 Å². The number of nitrogen functional groups attached to an aromatic ring is 1. The number of hydrogen-bond donors (Lipinski definition) is 1. The Hall–Kier alpha value is -1.10. The maximum Gasteiger partial charge on any atom is 0.181 e. The summed E-state index contributed by atoms with van der Waals surface area (Å²) in [5.74, 6) is -0.796. The molecule has 0 atom stereocenters. The molecule has 2 N–H and O–H groups in total. The van der Waals surface area contributed by atoms with Crippen LogP contribution in [0.3, 0.4) is 0 Å². The average Bonchev–Trinajstić information content (AvgIpc) is 2.14. The molecular formula is C10H14FNO2S. The first-order valence-electron chi connectivity index (χ1n) is 4.75. The summed E-state index contributed by atoms with van der Waals surface area (Å²) in [6, 6.07) is 3.64. The van der Waals surface area contributed by atoms with E-state index in [1.165, 1.54) is 12.1 Å². The Balaban J connectivity index is 3.05. The summed E-state index contributed by atoms with van der Waals surface area (Å²) in [7, 11) is -3.50. The number of sulfone groups is 1. The lowest BCUT2D eigenvalue weighted by Crippen LogP contribution is -2.09. The molecule has 84 valence electrons. The molecule has 0 aromatic heterocycles. The van der Waals surface area contributed by atoms with Gasteiger partial charge in [-0.2, -0.15) is 0 Å². The third-order valence-electron chi connectivity index (χ3n) is 2.06. The molecule has 0 aliphatic heterocycles. The predicted molar refractivity (Wildman–Crippen MR) is 57.8 cm³/mol. The van der Waals surface area contributed by atoms with Crippen molar-refractivity contribution in [2.45, 2.75) is 24.7 Å². The van der Waals surface area contributed by atoms with Gasteiger partial charge in [0.1, 0.15) is 10.7 Å². The van der Waals surface area contributed by atoms with Crippen LogP contribution in [0.5, 0.6) is 0 Å². The van der Waals surface area contributed by atoms with Crippen LogP contribution in [0.4, 0.5) is 10.1 Å². The smallest absolute Gasteiger partial charge is 0.181 e. The molecule has 0 saturated heterocycles. The summed E-state index contributed by atoms with van der Waals surface area (Å²) in [5.41, 5.74) is 5.56. The molecule has 0 unspecified atom stereocenters. The number of unbranched alkanes of at least 4 members (excludes halogenated alkanes) is 1. The molecule has 0 saturated carbocycles. The molecule has 0 aliphatic rings. The van der Waals surface area contributed by atoms with E-state index in [1.807, 2.05) is 6.92 Å². The van der Waals surface area contributed by atoms with Crippen LogP contribution in [0.1, 0.15) is 19.8 Å². The second-order valence-corrected chi connectivity index (χ2v) is 5.44. The van der Waals surface area contributed by atoms with Gasteiger partial charge in [-0.05, 0) is 24.6 Å². The molecule has 0 bridgehead atoms. The van der Waals surface area contributed by atoms with Gasteiger partial charge < -0.3 is 5.73 Å². The van der Waals surface area contributed by atoms with Crippen molar-refractivity contribution in [3.05, 3.63) is 24.0 Å². The van der Waals surface area contributed by atoms with Crippen molar-refractivity contribution in [3.8, 4) is 0 Å². The molecule has 0 aliphatic carbocycles. The van der Waals surface area contributed by atoms with Crippen LogP contribution in [0.2, 0.25) is 0 Å². The van der Waals surface area contributed by atoms with Gasteiger partial charge in [-0.1, -0.05) is 13.3 Å². The summed E-state index contributed by atoms with van der Waals surface area (Å²) in [4.78, 5) is -0.259. The summed E-state index contributed by atoms with van der Waals surface area (Å²) < 4.78 is 36.6. The second-order valence-electron chi connectivity index (χ2n) is 3.36. The SMILES string of the molecule is CCCCS(=O)(=O)c1ccc(N)cc1F. The molecule has 3 nitrogen and oxygen atoms in total. The quantitative estimate of drug-likeness (QED) is 0.806. The minimum absolute atomic E-state index is 0.0235. The number of hydrogen-bond acceptors (Lipinski definition) is 3. The lowest BCUT2D eigenvalue weighted by atomic mass is 10.3. The fourth-order valence-electron chi connectivity index (χ4n) is 1.21. The maximum atomic E-state index is 13.3. The van der Waals surface area contributed by atoms with Gasteiger partial charge in [-0.3, -0.25) is 0 Å². The second kappa shape index (κ2) is 4.61. The Labute approximate surface area is 89.0 Å². The fourth-order valence-corrected chi connectivity index (χ4v) is 2.73. The summed E-state index contributed by atoms with van der Waals surface area (Å²) in [6.07, 6.45) is 1.29. The summed E-state index contributed by atoms with van der Waals surface area (Å²) in [5, 5.41) is 0. The Morgan fingerprint density at radius 3 is 2.60 bits per heavy atom. The standard InChI is InChI=1S/C10H14FNO2S/c1-2-3-6-15(13,14)10-5-4-8(12)7-9(10)11/h4-5,7H,2-3,6,12H2,1H3. The first kappa shape index (κ1) is 12.0. The van der Waals surface area contributed by atoms with Crippen LogP contribution >= 0.6 is 0 Å². The molecule has 0 radical (unpaired) electrons. The van der Waals surface area contributed by atoms with Crippen LogP contribution in [0, 0.1) is 5.82 Å². The molecule has 1 rings (SSSR count). The average molecular weight is 231 g/mol. The maximum absolute atomic E-state index is 13.3. The van der Waals surface area contributed by atoms with E-state index < -0.39 is 15.7 Å². The Morgan fingerprint density at radius 2 is 2.07 bits per heavy atom. The number of halogens is 1. The van der Waals surface area contributed by atoms with Crippen LogP contribution in [-0.2, 0) is 9.84 Å². The Morgan fingerprint density at radius 1 is 1.40 bits per heavy atom. The third-order valence-corrected chi connectivity index (χ3v) is 3.88. The molecule has 5 heteroatoms. The van der Waals surface area contributed by atoms with Crippen LogP contribution < -0.4 is 5.73 Å². The van der Waals surface area contributed by atoms with Crippen molar-refractivity contribution in [3.63, 3.8) is 0 Å². The topological polar surface area (TPSA) is 60.2 Å². The van der Waals surface area contributed by atoms with Gasteiger partial charge in [0.15, 0.2) is 9.84 Å². The first-order valence-corrected chi connectivity index (χ1v) is 6.40. The number of anilines is 1. The lowest BCUT2D eigenvalue weighted by Gasteiger charge is -2.05. The van der Waals surface area contributed by atoms with E-state index >= 15 is 0 Å². The normalized spacial score (nSPS) is 11.6. The van der Waals surface area contributed by atoms with Gasteiger partial charge in [0.05, 0.1) is 5.75 Å². The predicted octanol–water partition coefficient (Wildman–Crippen LogP) is 1.98. The molecule has 0 spiro atoms. The highest BCUT2D eigenvalue weighted by atomic mass is 32.2. The van der Waals surface area contributed by atoms with E-state index in [-0.39, 0.29) is 16.3 Å². The zero-order chi connectivity index (χ0) is 11.5. The monoisotopic (exact) mass is 231 g/mol.